The van der Waals surface area contributed by atoms with Crippen molar-refractivity contribution < 1.29 is 28.6 Å². The van der Waals surface area contributed by atoms with E-state index in [2.05, 4.69) is 65.6 Å². The van der Waals surface area contributed by atoms with Gasteiger partial charge in [-0.25, -0.2) is 0 Å². The van der Waals surface area contributed by atoms with E-state index in [4.69, 9.17) is 14.2 Å². The van der Waals surface area contributed by atoms with Crippen molar-refractivity contribution in [3.8, 4) is 0 Å². The molecule has 0 unspecified atom stereocenters. The fourth-order valence-electron chi connectivity index (χ4n) is 3.49. The quantitative estimate of drug-likeness (QED) is 0.0267. The van der Waals surface area contributed by atoms with E-state index < -0.39 is 0 Å². The number of carbonyl (C=O) groups excluding carboxylic acids is 3. The summed E-state index contributed by atoms with van der Waals surface area (Å²) in [5.41, 5.74) is 0. The topological polar surface area (TPSA) is 78.9 Å². The van der Waals surface area contributed by atoms with Gasteiger partial charge in [-0.05, 0) is 19.3 Å². The first-order valence-electron chi connectivity index (χ1n) is 17.3. The van der Waals surface area contributed by atoms with E-state index in [-0.39, 0.29) is 17.9 Å². The molecule has 3 radical (unpaired) electrons. The van der Waals surface area contributed by atoms with Crippen molar-refractivity contribution in [2.75, 3.05) is 37.1 Å². The van der Waals surface area contributed by atoms with Crippen molar-refractivity contribution in [1.82, 2.24) is 0 Å². The summed E-state index contributed by atoms with van der Waals surface area (Å²) in [7, 11) is 0. The predicted octanol–water partition coefficient (Wildman–Crippen LogP) is 9.83. The molecule has 0 N–H and O–H groups in total. The Bertz CT molecular complexity index is 498. The number of esters is 3. The molecule has 0 aromatic rings. The average Bonchev–Trinajstić information content (AvgIpc) is 3.02. The predicted molar refractivity (Wildman–Crippen MR) is 200 cm³/mol. The first-order valence-corrected chi connectivity index (χ1v) is 21.2. The molecule has 0 aliphatic rings. The zero-order chi connectivity index (χ0) is 33.9. The fraction of sp³-hybridized carbons (Fsp3) is 0.912. The Balaban J connectivity index is -0.000000253. The van der Waals surface area contributed by atoms with Crippen LogP contribution in [0.2, 0.25) is 4.44 Å². The van der Waals surface area contributed by atoms with Crippen molar-refractivity contribution >= 4 is 78.3 Å². The molecule has 0 amide bonds. The molecule has 0 fully saturated rings. The maximum absolute atomic E-state index is 11.0. The molecule has 0 atom stereocenters. The summed E-state index contributed by atoms with van der Waals surface area (Å²) in [6.07, 6.45) is 22.0. The SMILES string of the molecule is CCCCCCCC(=O)OCCS.CCCCCCCC(=O)OCCS.CCCCCCCC(=O)OCCS.CCC[CH2][Sn]. The third-order valence-electron chi connectivity index (χ3n) is 6.05. The van der Waals surface area contributed by atoms with E-state index in [0.29, 0.717) is 56.3 Å². The van der Waals surface area contributed by atoms with Crippen molar-refractivity contribution in [1.29, 1.82) is 0 Å². The molecule has 263 valence electrons. The van der Waals surface area contributed by atoms with Gasteiger partial charge in [0.15, 0.2) is 0 Å². The normalized spacial score (nSPS) is 9.82. The zero-order valence-corrected chi connectivity index (χ0v) is 34.4. The monoisotopic (exact) mass is 789 g/mol. The third kappa shape index (κ3) is 57.9. The van der Waals surface area contributed by atoms with Gasteiger partial charge in [0.1, 0.15) is 19.8 Å². The van der Waals surface area contributed by atoms with E-state index >= 15 is 0 Å². The van der Waals surface area contributed by atoms with E-state index in [1.807, 2.05) is 0 Å². The van der Waals surface area contributed by atoms with Crippen molar-refractivity contribution in [3.63, 3.8) is 0 Å². The number of ether oxygens (including phenoxy) is 3. The Kier molecular flexibility index (Phi) is 58.2. The van der Waals surface area contributed by atoms with E-state index in [1.165, 1.54) is 75.1 Å². The minimum absolute atomic E-state index is 0.0782. The standard InChI is InChI=1S/3C10H20O2S.C4H9.Sn/c3*1-2-3-4-5-6-7-10(11)12-8-9-13;1-3-4-2;/h3*13H,2-9H2,1H3;1,3-4H2,2H3;. The van der Waals surface area contributed by atoms with Crippen LogP contribution in [-0.4, -0.2) is 77.5 Å². The van der Waals surface area contributed by atoms with Crippen LogP contribution < -0.4 is 0 Å². The van der Waals surface area contributed by atoms with Gasteiger partial charge in [0.25, 0.3) is 0 Å². The van der Waals surface area contributed by atoms with Crippen LogP contribution in [-0.2, 0) is 28.6 Å². The molecule has 0 saturated carbocycles. The van der Waals surface area contributed by atoms with Crippen molar-refractivity contribution in [2.24, 2.45) is 0 Å². The second-order valence-corrected chi connectivity index (χ2v) is 13.2. The summed E-state index contributed by atoms with van der Waals surface area (Å²) in [5.74, 6) is 1.60. The first-order chi connectivity index (χ1) is 21.3. The summed E-state index contributed by atoms with van der Waals surface area (Å²) in [5, 5.41) is 0. The Morgan fingerprint density at radius 3 is 0.864 bits per heavy atom. The Morgan fingerprint density at radius 2 is 0.682 bits per heavy atom. The molecule has 10 heteroatoms. The number of thiol groups is 3. The van der Waals surface area contributed by atoms with Gasteiger partial charge < -0.3 is 14.2 Å². The maximum atomic E-state index is 11.0. The molecule has 0 heterocycles. The van der Waals surface area contributed by atoms with Crippen LogP contribution >= 0.6 is 37.9 Å². The van der Waals surface area contributed by atoms with Gasteiger partial charge in [-0.15, -0.1) is 0 Å². The van der Waals surface area contributed by atoms with Gasteiger partial charge >= 0.3 is 64.6 Å². The van der Waals surface area contributed by atoms with E-state index in [0.717, 1.165) is 38.5 Å². The molecule has 44 heavy (non-hydrogen) atoms. The number of carbonyl (C=O) groups is 3. The molecule has 0 saturated heterocycles. The Morgan fingerprint density at radius 1 is 0.432 bits per heavy atom. The summed E-state index contributed by atoms with van der Waals surface area (Å²) < 4.78 is 16.1. The Hall–Kier alpha value is 0.259. The summed E-state index contributed by atoms with van der Waals surface area (Å²) in [4.78, 5) is 32.9. The van der Waals surface area contributed by atoms with Gasteiger partial charge in [0.05, 0.1) is 0 Å². The number of unbranched alkanes of at least 4 members (excludes halogenated alkanes) is 13. The van der Waals surface area contributed by atoms with Crippen LogP contribution in [0.15, 0.2) is 0 Å². The number of hydrogen-bond acceptors (Lipinski definition) is 9. The molecular weight excluding hydrogens is 719 g/mol. The summed E-state index contributed by atoms with van der Waals surface area (Å²) in [6, 6.07) is 0. The second kappa shape index (κ2) is 50.1. The van der Waals surface area contributed by atoms with Gasteiger partial charge in [-0.3, -0.25) is 14.4 Å². The molecule has 0 bridgehead atoms. The van der Waals surface area contributed by atoms with Crippen molar-refractivity contribution in [3.05, 3.63) is 0 Å². The Labute approximate surface area is 302 Å². The number of rotatable bonds is 26. The number of hydrogen-bond donors (Lipinski definition) is 3. The zero-order valence-electron chi connectivity index (χ0n) is 28.9. The van der Waals surface area contributed by atoms with Crippen molar-refractivity contribution in [2.45, 2.75) is 161 Å². The molecule has 0 aromatic heterocycles. The second-order valence-electron chi connectivity index (χ2n) is 10.4. The summed E-state index contributed by atoms with van der Waals surface area (Å²) in [6.45, 7) is 10.1. The van der Waals surface area contributed by atoms with Gasteiger partial charge in [-0.2, -0.15) is 37.9 Å². The molecular formula is C34H69O6S3Sn. The third-order valence-corrected chi connectivity index (χ3v) is 7.60. The van der Waals surface area contributed by atoms with Crippen LogP contribution in [0.25, 0.3) is 0 Å². The van der Waals surface area contributed by atoms with Crippen LogP contribution in [0, 0.1) is 0 Å². The molecule has 0 spiro atoms. The molecule has 0 aromatic carbocycles. The molecule has 0 aliphatic heterocycles. The molecule has 6 nitrogen and oxygen atoms in total. The van der Waals surface area contributed by atoms with E-state index in [9.17, 15) is 14.4 Å². The molecule has 0 rings (SSSR count). The average molecular weight is 789 g/mol. The van der Waals surface area contributed by atoms with Gasteiger partial charge in [0, 0.05) is 36.5 Å². The molecule has 0 aliphatic carbocycles. The van der Waals surface area contributed by atoms with E-state index in [1.54, 1.807) is 22.5 Å². The summed E-state index contributed by atoms with van der Waals surface area (Å²) >= 11 is 13.6. The van der Waals surface area contributed by atoms with Gasteiger partial charge in [0.2, 0.25) is 0 Å². The van der Waals surface area contributed by atoms with Crippen LogP contribution in [0.3, 0.4) is 0 Å². The first kappa shape index (κ1) is 51.1. The van der Waals surface area contributed by atoms with Crippen LogP contribution in [0.4, 0.5) is 0 Å². The fourth-order valence-corrected chi connectivity index (χ4v) is 4.77. The van der Waals surface area contributed by atoms with Crippen LogP contribution in [0.1, 0.15) is 156 Å². The van der Waals surface area contributed by atoms with Crippen LogP contribution in [0.5, 0.6) is 0 Å². The minimum atomic E-state index is -0.0782. The van der Waals surface area contributed by atoms with Gasteiger partial charge in [-0.1, -0.05) is 97.8 Å².